The molecule has 0 bridgehead atoms. The summed E-state index contributed by atoms with van der Waals surface area (Å²) in [6.07, 6.45) is 0. The van der Waals surface area contributed by atoms with Crippen molar-refractivity contribution in [2.75, 3.05) is 0 Å². The van der Waals surface area contributed by atoms with Crippen molar-refractivity contribution in [1.82, 2.24) is 0 Å². The third-order valence-corrected chi connectivity index (χ3v) is 4.81. The molecule has 3 heteroatoms. The predicted octanol–water partition coefficient (Wildman–Crippen LogP) is 4.27. The molecule has 1 fully saturated rings. The first-order valence-electron chi connectivity index (χ1n) is 7.15. The second-order valence-corrected chi connectivity index (χ2v) is 6.68. The molecule has 1 aliphatic rings. The van der Waals surface area contributed by atoms with Gasteiger partial charge in [0.15, 0.2) is 0 Å². The largest absolute Gasteiger partial charge is 0.461 e. The molecule has 104 valence electrons. The van der Waals surface area contributed by atoms with E-state index in [2.05, 4.69) is 71.9 Å². The van der Waals surface area contributed by atoms with Gasteiger partial charge in [-0.3, -0.25) is 0 Å². The quantitative estimate of drug-likeness (QED) is 0.755. The van der Waals surface area contributed by atoms with Gasteiger partial charge in [0.25, 0.3) is 0 Å². The monoisotopic (exact) mass is 260 g/mol. The first-order chi connectivity index (χ1) is 8.74. The van der Waals surface area contributed by atoms with E-state index >= 15 is 0 Å². The fraction of sp³-hybridized carbons (Fsp3) is 0.625. The van der Waals surface area contributed by atoms with Crippen molar-refractivity contribution in [3.8, 4) is 0 Å². The Morgan fingerprint density at radius 3 is 1.84 bits per heavy atom. The van der Waals surface area contributed by atoms with Gasteiger partial charge in [-0.2, -0.15) is 0 Å². The molecule has 0 radical (unpaired) electrons. The molecule has 0 unspecified atom stereocenters. The molecule has 0 aromatic heterocycles. The van der Waals surface area contributed by atoms with Crippen molar-refractivity contribution >= 4 is 7.12 Å². The van der Waals surface area contributed by atoms with Gasteiger partial charge in [-0.25, -0.2) is 0 Å². The molecule has 2 rings (SSSR count). The van der Waals surface area contributed by atoms with Crippen LogP contribution < -0.4 is 0 Å². The van der Waals surface area contributed by atoms with Crippen LogP contribution in [0.15, 0.2) is 30.3 Å². The highest BCUT2D eigenvalue weighted by Gasteiger charge is 2.53. The molecule has 2 nitrogen and oxygen atoms in total. The fourth-order valence-corrected chi connectivity index (χ4v) is 2.40. The van der Waals surface area contributed by atoms with Gasteiger partial charge in [-0.05, 0) is 45.0 Å². The summed E-state index contributed by atoms with van der Waals surface area (Å²) in [6, 6.07) is 10.6. The molecule has 0 N–H and O–H groups in total. The van der Waals surface area contributed by atoms with E-state index in [0.29, 0.717) is 11.7 Å². The molecule has 1 saturated heterocycles. The molecule has 0 spiro atoms. The zero-order valence-corrected chi connectivity index (χ0v) is 12.9. The molecule has 19 heavy (non-hydrogen) atoms. The lowest BCUT2D eigenvalue weighted by Gasteiger charge is -2.32. The third kappa shape index (κ3) is 2.73. The number of rotatable bonds is 3. The van der Waals surface area contributed by atoms with Gasteiger partial charge in [0, 0.05) is 0 Å². The van der Waals surface area contributed by atoms with Crippen LogP contribution in [0.3, 0.4) is 0 Å². The van der Waals surface area contributed by atoms with Crippen LogP contribution in [0.4, 0.5) is 0 Å². The summed E-state index contributed by atoms with van der Waals surface area (Å²) >= 11 is 0. The van der Waals surface area contributed by atoms with E-state index in [1.165, 1.54) is 5.56 Å². The zero-order valence-electron chi connectivity index (χ0n) is 12.9. The Morgan fingerprint density at radius 1 is 0.895 bits per heavy atom. The standard InChI is InChI=1S/C16H25BO2/c1-12(14-10-8-7-9-11-14)13(2)17-18-15(3,4)16(5,6)19-17/h7-13H,1-6H3/t12-,13+/m1/s1. The van der Waals surface area contributed by atoms with Crippen LogP contribution in [-0.4, -0.2) is 18.3 Å². The van der Waals surface area contributed by atoms with Crippen molar-refractivity contribution in [2.24, 2.45) is 0 Å². The van der Waals surface area contributed by atoms with E-state index in [9.17, 15) is 0 Å². The molecule has 1 aromatic rings. The van der Waals surface area contributed by atoms with Crippen molar-refractivity contribution in [3.63, 3.8) is 0 Å². The lowest BCUT2D eigenvalue weighted by Crippen LogP contribution is -2.41. The van der Waals surface area contributed by atoms with Gasteiger partial charge < -0.3 is 9.31 Å². The lowest BCUT2D eigenvalue weighted by atomic mass is 9.65. The van der Waals surface area contributed by atoms with Gasteiger partial charge >= 0.3 is 7.12 Å². The Bertz CT molecular complexity index is 412. The van der Waals surface area contributed by atoms with Gasteiger partial charge in [-0.1, -0.05) is 44.2 Å². The number of benzene rings is 1. The smallest absolute Gasteiger partial charge is 0.403 e. The highest BCUT2D eigenvalue weighted by molar-refractivity contribution is 6.47. The second kappa shape index (κ2) is 4.95. The average molecular weight is 260 g/mol. The van der Waals surface area contributed by atoms with Crippen molar-refractivity contribution in [3.05, 3.63) is 35.9 Å². The number of hydrogen-bond acceptors (Lipinski definition) is 2. The average Bonchev–Trinajstić information content (AvgIpc) is 2.58. The summed E-state index contributed by atoms with van der Waals surface area (Å²) in [4.78, 5) is 0. The third-order valence-electron chi connectivity index (χ3n) is 4.81. The summed E-state index contributed by atoms with van der Waals surface area (Å²) in [5.41, 5.74) is 0.842. The molecular weight excluding hydrogens is 235 g/mol. The Labute approximate surface area is 117 Å². The molecule has 2 atom stereocenters. The van der Waals surface area contributed by atoms with Gasteiger partial charge in [-0.15, -0.1) is 0 Å². The molecular formula is C16H25BO2. The summed E-state index contributed by atoms with van der Waals surface area (Å²) < 4.78 is 12.3. The van der Waals surface area contributed by atoms with Crippen LogP contribution in [0.5, 0.6) is 0 Å². The molecule has 1 aliphatic heterocycles. The summed E-state index contributed by atoms with van der Waals surface area (Å²) in [6.45, 7) is 12.9. The normalized spacial score (nSPS) is 24.2. The lowest BCUT2D eigenvalue weighted by molar-refractivity contribution is 0.00578. The van der Waals surface area contributed by atoms with Crippen molar-refractivity contribution < 1.29 is 9.31 Å². The van der Waals surface area contributed by atoms with E-state index in [1.54, 1.807) is 0 Å². The number of hydrogen-bond donors (Lipinski definition) is 0. The van der Waals surface area contributed by atoms with Crippen LogP contribution in [-0.2, 0) is 9.31 Å². The van der Waals surface area contributed by atoms with E-state index in [4.69, 9.17) is 9.31 Å². The molecule has 1 aromatic carbocycles. The topological polar surface area (TPSA) is 18.5 Å². The van der Waals surface area contributed by atoms with Crippen molar-refractivity contribution in [2.45, 2.75) is 64.5 Å². The summed E-state index contributed by atoms with van der Waals surface area (Å²) in [5.74, 6) is 0.736. The van der Waals surface area contributed by atoms with Crippen LogP contribution in [0.2, 0.25) is 5.82 Å². The highest BCUT2D eigenvalue weighted by atomic mass is 16.7. The maximum Gasteiger partial charge on any atom is 0.461 e. The van der Waals surface area contributed by atoms with Crippen LogP contribution >= 0.6 is 0 Å². The van der Waals surface area contributed by atoms with E-state index in [1.807, 2.05) is 0 Å². The first-order valence-corrected chi connectivity index (χ1v) is 7.15. The Hall–Kier alpha value is -0.795. The van der Waals surface area contributed by atoms with E-state index < -0.39 is 0 Å². The van der Waals surface area contributed by atoms with Gasteiger partial charge in [0.1, 0.15) is 0 Å². The van der Waals surface area contributed by atoms with E-state index in [-0.39, 0.29) is 18.3 Å². The minimum atomic E-state index is -0.248. The van der Waals surface area contributed by atoms with Crippen LogP contribution in [0.1, 0.15) is 53.0 Å². The predicted molar refractivity (Wildman–Crippen MR) is 80.4 cm³/mol. The molecule has 0 amide bonds. The fourth-order valence-electron chi connectivity index (χ4n) is 2.40. The van der Waals surface area contributed by atoms with E-state index in [0.717, 1.165) is 0 Å². The zero-order chi connectivity index (χ0) is 14.3. The summed E-state index contributed by atoms with van der Waals surface area (Å²) in [7, 11) is -0.139. The molecule has 0 saturated carbocycles. The first kappa shape index (κ1) is 14.6. The second-order valence-electron chi connectivity index (χ2n) is 6.68. The summed E-state index contributed by atoms with van der Waals surface area (Å²) in [5, 5.41) is 0. The van der Waals surface area contributed by atoms with Gasteiger partial charge in [0.05, 0.1) is 11.2 Å². The molecule has 1 heterocycles. The minimum Gasteiger partial charge on any atom is -0.403 e. The van der Waals surface area contributed by atoms with Gasteiger partial charge in [0.2, 0.25) is 0 Å². The van der Waals surface area contributed by atoms with Crippen molar-refractivity contribution in [1.29, 1.82) is 0 Å². The Balaban J connectivity index is 2.12. The highest BCUT2D eigenvalue weighted by Crippen LogP contribution is 2.43. The van der Waals surface area contributed by atoms with Crippen LogP contribution in [0.25, 0.3) is 0 Å². The SMILES string of the molecule is C[C@H](B1OC(C)(C)C(C)(C)O1)[C@@H](C)c1ccccc1. The van der Waals surface area contributed by atoms with Crippen LogP contribution in [0, 0.1) is 0 Å². The Morgan fingerprint density at radius 2 is 1.37 bits per heavy atom. The maximum atomic E-state index is 6.15. The maximum absolute atomic E-state index is 6.15. The minimum absolute atomic E-state index is 0.139. The molecule has 0 aliphatic carbocycles. The Kier molecular flexibility index (Phi) is 3.81.